The highest BCUT2D eigenvalue weighted by atomic mass is 16.5. The molecule has 0 bridgehead atoms. The Balaban J connectivity index is 1.32. The summed E-state index contributed by atoms with van der Waals surface area (Å²) in [5, 5.41) is 6.01. The van der Waals surface area contributed by atoms with Crippen molar-refractivity contribution in [3.05, 3.63) is 65.7 Å². The number of rotatable bonds is 5. The monoisotopic (exact) mass is 465 g/mol. The Hall–Kier alpha value is -2.90. The van der Waals surface area contributed by atoms with Gasteiger partial charge in [-0.1, -0.05) is 48.5 Å². The maximum absolute atomic E-state index is 13.2. The number of fused-ring (bicyclic) bond motifs is 1. The first-order valence-electron chi connectivity index (χ1n) is 12.3. The van der Waals surface area contributed by atoms with Crippen LogP contribution >= 0.6 is 0 Å². The first-order valence-corrected chi connectivity index (χ1v) is 12.3. The lowest BCUT2D eigenvalue weighted by Crippen LogP contribution is -2.61. The van der Waals surface area contributed by atoms with E-state index in [9.17, 15) is 9.59 Å². The zero-order valence-electron chi connectivity index (χ0n) is 19.8. The molecular formula is C27H35N3O4. The lowest BCUT2D eigenvalue weighted by atomic mass is 9.91. The third-order valence-electron chi connectivity index (χ3n) is 6.52. The van der Waals surface area contributed by atoms with Gasteiger partial charge >= 0.3 is 0 Å². The van der Waals surface area contributed by atoms with E-state index in [0.29, 0.717) is 45.8 Å². The minimum Gasteiger partial charge on any atom is -0.491 e. The molecule has 1 atom stereocenters. The molecule has 1 saturated heterocycles. The van der Waals surface area contributed by atoms with Gasteiger partial charge in [0.1, 0.15) is 12.4 Å². The number of carbonyl (C=O) groups excluding carboxylic acids is 2. The standard InChI is InChI=1S/C27H35N3O4/c31-25(28-15-13-22-8-2-1-3-9-22)20-30-17-19-34-27(21-30)14-7-6-11-23-10-4-5-12-24(23)33-18-16-29-26(27)32/h1-5,8-10,12H,6-7,11,13-21H2,(H,28,31)(H,29,32). The summed E-state index contributed by atoms with van der Waals surface area (Å²) >= 11 is 0. The van der Waals surface area contributed by atoms with E-state index >= 15 is 0 Å². The molecule has 1 unspecified atom stereocenters. The van der Waals surface area contributed by atoms with Gasteiger partial charge in [-0.25, -0.2) is 0 Å². The van der Waals surface area contributed by atoms with Crippen molar-refractivity contribution < 1.29 is 19.1 Å². The van der Waals surface area contributed by atoms with E-state index in [1.165, 1.54) is 11.1 Å². The second-order valence-corrected chi connectivity index (χ2v) is 9.06. The van der Waals surface area contributed by atoms with Gasteiger partial charge in [-0.15, -0.1) is 0 Å². The van der Waals surface area contributed by atoms with Gasteiger partial charge in [-0.05, 0) is 49.3 Å². The van der Waals surface area contributed by atoms with Crippen molar-refractivity contribution in [3.8, 4) is 5.75 Å². The van der Waals surface area contributed by atoms with Crippen molar-refractivity contribution in [3.63, 3.8) is 0 Å². The Labute approximate surface area is 201 Å². The van der Waals surface area contributed by atoms with Crippen LogP contribution in [0.3, 0.4) is 0 Å². The quantitative estimate of drug-likeness (QED) is 0.709. The highest BCUT2D eigenvalue weighted by Gasteiger charge is 2.43. The number of morpholine rings is 1. The van der Waals surface area contributed by atoms with Gasteiger partial charge < -0.3 is 20.1 Å². The Morgan fingerprint density at radius 1 is 1.06 bits per heavy atom. The summed E-state index contributed by atoms with van der Waals surface area (Å²) in [4.78, 5) is 27.8. The van der Waals surface area contributed by atoms with Crippen molar-refractivity contribution in [1.29, 1.82) is 0 Å². The molecule has 2 aromatic carbocycles. The highest BCUT2D eigenvalue weighted by Crippen LogP contribution is 2.27. The van der Waals surface area contributed by atoms with Gasteiger partial charge in [0, 0.05) is 19.6 Å². The molecule has 2 N–H and O–H groups in total. The Bertz CT molecular complexity index is 952. The molecule has 182 valence electrons. The number of carbonyl (C=O) groups is 2. The molecule has 2 amide bonds. The van der Waals surface area contributed by atoms with E-state index in [0.717, 1.165) is 31.4 Å². The molecule has 0 saturated carbocycles. The second-order valence-electron chi connectivity index (χ2n) is 9.06. The van der Waals surface area contributed by atoms with Crippen molar-refractivity contribution >= 4 is 11.8 Å². The SMILES string of the molecule is O=C(CN1CCOC2(CCCCc3ccccc3OCCNC2=O)C1)NCCc1ccccc1. The molecule has 2 heterocycles. The summed E-state index contributed by atoms with van der Waals surface area (Å²) in [7, 11) is 0. The van der Waals surface area contributed by atoms with Gasteiger partial charge in [-0.3, -0.25) is 14.5 Å². The van der Waals surface area contributed by atoms with Gasteiger partial charge in [-0.2, -0.15) is 0 Å². The fraction of sp³-hybridized carbons (Fsp3) is 0.481. The van der Waals surface area contributed by atoms with E-state index in [-0.39, 0.29) is 18.4 Å². The molecule has 0 aromatic heterocycles. The predicted molar refractivity (Wildman–Crippen MR) is 131 cm³/mol. The van der Waals surface area contributed by atoms with Crippen LogP contribution in [0.2, 0.25) is 0 Å². The van der Waals surface area contributed by atoms with Crippen LogP contribution in [0.4, 0.5) is 0 Å². The van der Waals surface area contributed by atoms with Gasteiger partial charge in [0.25, 0.3) is 5.91 Å². The number of para-hydroxylation sites is 1. The van der Waals surface area contributed by atoms with Crippen LogP contribution in [0.15, 0.2) is 54.6 Å². The van der Waals surface area contributed by atoms with E-state index in [1.807, 2.05) is 41.3 Å². The van der Waals surface area contributed by atoms with Crippen molar-refractivity contribution in [2.45, 2.75) is 37.7 Å². The smallest absolute Gasteiger partial charge is 0.253 e. The fourth-order valence-electron chi connectivity index (χ4n) is 4.71. The Kier molecular flexibility index (Phi) is 8.55. The summed E-state index contributed by atoms with van der Waals surface area (Å²) in [6.07, 6.45) is 4.14. The van der Waals surface area contributed by atoms with Gasteiger partial charge in [0.05, 0.1) is 19.7 Å². The summed E-state index contributed by atoms with van der Waals surface area (Å²) < 4.78 is 12.0. The van der Waals surface area contributed by atoms with Crippen LogP contribution in [0.25, 0.3) is 0 Å². The highest BCUT2D eigenvalue weighted by molar-refractivity contribution is 5.86. The van der Waals surface area contributed by atoms with E-state index < -0.39 is 5.60 Å². The predicted octanol–water partition coefficient (Wildman–Crippen LogP) is 2.34. The van der Waals surface area contributed by atoms with Gasteiger partial charge in [0.2, 0.25) is 5.91 Å². The molecule has 7 nitrogen and oxygen atoms in total. The number of benzene rings is 2. The summed E-state index contributed by atoms with van der Waals surface area (Å²) in [5.74, 6) is 0.760. The number of amides is 2. The Morgan fingerprint density at radius 3 is 2.76 bits per heavy atom. The molecule has 1 spiro atoms. The number of nitrogens with one attached hydrogen (secondary N) is 2. The second kappa shape index (κ2) is 12.0. The number of aryl methyl sites for hydroxylation is 1. The molecule has 0 aliphatic carbocycles. The third-order valence-corrected chi connectivity index (χ3v) is 6.52. The van der Waals surface area contributed by atoms with E-state index in [1.54, 1.807) is 0 Å². The Morgan fingerprint density at radius 2 is 1.88 bits per heavy atom. The fourth-order valence-corrected chi connectivity index (χ4v) is 4.71. The molecule has 4 rings (SSSR count). The average molecular weight is 466 g/mol. The lowest BCUT2D eigenvalue weighted by Gasteiger charge is -2.41. The number of hydrogen-bond acceptors (Lipinski definition) is 5. The minimum atomic E-state index is -0.929. The minimum absolute atomic E-state index is 0.0217. The van der Waals surface area contributed by atoms with Crippen LogP contribution in [-0.4, -0.2) is 68.3 Å². The maximum Gasteiger partial charge on any atom is 0.253 e. The number of ether oxygens (including phenoxy) is 2. The number of hydrogen-bond donors (Lipinski definition) is 2. The summed E-state index contributed by atoms with van der Waals surface area (Å²) in [6.45, 7) is 3.18. The largest absolute Gasteiger partial charge is 0.491 e. The van der Waals surface area contributed by atoms with Crippen molar-refractivity contribution in [2.75, 3.05) is 45.9 Å². The van der Waals surface area contributed by atoms with Crippen molar-refractivity contribution in [1.82, 2.24) is 15.5 Å². The zero-order valence-corrected chi connectivity index (χ0v) is 19.8. The maximum atomic E-state index is 13.2. The molecule has 2 aromatic rings. The van der Waals surface area contributed by atoms with E-state index in [4.69, 9.17) is 9.47 Å². The van der Waals surface area contributed by atoms with E-state index in [2.05, 4.69) is 28.8 Å². The zero-order chi connectivity index (χ0) is 23.6. The van der Waals surface area contributed by atoms with Crippen LogP contribution in [0, 0.1) is 0 Å². The van der Waals surface area contributed by atoms with Crippen LogP contribution in [0.1, 0.15) is 30.4 Å². The van der Waals surface area contributed by atoms with Crippen LogP contribution in [0.5, 0.6) is 5.75 Å². The first kappa shape index (κ1) is 24.2. The molecule has 34 heavy (non-hydrogen) atoms. The van der Waals surface area contributed by atoms with Crippen LogP contribution in [-0.2, 0) is 27.2 Å². The molecule has 0 radical (unpaired) electrons. The van der Waals surface area contributed by atoms with Crippen molar-refractivity contribution in [2.24, 2.45) is 0 Å². The number of nitrogens with zero attached hydrogens (tertiary/aromatic N) is 1. The molecule has 2 aliphatic heterocycles. The topological polar surface area (TPSA) is 79.9 Å². The normalized spacial score (nSPS) is 21.9. The lowest BCUT2D eigenvalue weighted by molar-refractivity contribution is -0.163. The molecule has 1 fully saturated rings. The molecule has 2 aliphatic rings. The summed E-state index contributed by atoms with van der Waals surface area (Å²) in [5.41, 5.74) is 1.47. The summed E-state index contributed by atoms with van der Waals surface area (Å²) in [6, 6.07) is 18.2. The van der Waals surface area contributed by atoms with Crippen LogP contribution < -0.4 is 15.4 Å². The molecule has 7 heteroatoms. The molecular weight excluding hydrogens is 430 g/mol. The first-order chi connectivity index (χ1) is 16.6. The third kappa shape index (κ3) is 6.58. The average Bonchev–Trinajstić information content (AvgIpc) is 2.85. The van der Waals surface area contributed by atoms with Gasteiger partial charge in [0.15, 0.2) is 5.60 Å².